The van der Waals surface area contributed by atoms with Crippen molar-refractivity contribution < 1.29 is 9.72 Å². The lowest BCUT2D eigenvalue weighted by Crippen LogP contribution is -2.38. The van der Waals surface area contributed by atoms with Gasteiger partial charge in [0.1, 0.15) is 0 Å². The maximum Gasteiger partial charge on any atom is 0.269 e. The molecule has 1 atom stereocenters. The van der Waals surface area contributed by atoms with E-state index in [9.17, 15) is 14.9 Å². The molecule has 4 rings (SSSR count). The van der Waals surface area contributed by atoms with Gasteiger partial charge in [0.2, 0.25) is 0 Å². The average Bonchev–Trinajstić information content (AvgIpc) is 3.04. The summed E-state index contributed by atoms with van der Waals surface area (Å²) in [5.41, 5.74) is 3.42. The molecule has 0 radical (unpaired) electrons. The minimum Gasteiger partial charge on any atom is -0.303 e. The quantitative estimate of drug-likeness (QED) is 0.500. The number of nitro groups is 1. The fourth-order valence-corrected chi connectivity index (χ4v) is 4.50. The Balaban J connectivity index is 0.00000150. The summed E-state index contributed by atoms with van der Waals surface area (Å²) < 4.78 is 0. The van der Waals surface area contributed by atoms with Crippen molar-refractivity contribution in [1.29, 1.82) is 0 Å². The second-order valence-electron chi connectivity index (χ2n) is 7.68. The maximum absolute atomic E-state index is 12.7. The SMILES string of the molecule is Cl.Cl.O=C1c2ccccc2CC1C1CCN(CCc2ccc([N+](=O)[O-])cc2)CC1. The summed E-state index contributed by atoms with van der Waals surface area (Å²) in [7, 11) is 0. The Morgan fingerprint density at radius 1 is 1.00 bits per heavy atom. The van der Waals surface area contributed by atoms with Crippen LogP contribution in [0.4, 0.5) is 5.69 Å². The summed E-state index contributed by atoms with van der Waals surface area (Å²) in [5.74, 6) is 0.995. The van der Waals surface area contributed by atoms with Gasteiger partial charge in [-0.2, -0.15) is 0 Å². The summed E-state index contributed by atoms with van der Waals surface area (Å²) in [5, 5.41) is 10.7. The number of likely N-dealkylation sites (tertiary alicyclic amines) is 1. The van der Waals surface area contributed by atoms with Gasteiger partial charge in [-0.05, 0) is 55.8 Å². The Kier molecular flexibility index (Phi) is 8.20. The first-order valence-corrected chi connectivity index (χ1v) is 9.69. The van der Waals surface area contributed by atoms with Crippen LogP contribution in [0.25, 0.3) is 0 Å². The molecule has 1 saturated heterocycles. The number of piperidine rings is 1. The van der Waals surface area contributed by atoms with Gasteiger partial charge in [-0.25, -0.2) is 0 Å². The molecule has 1 heterocycles. The molecule has 1 fully saturated rings. The molecule has 2 aromatic carbocycles. The van der Waals surface area contributed by atoms with Crippen LogP contribution in [0.2, 0.25) is 0 Å². The van der Waals surface area contributed by atoms with Gasteiger partial charge in [-0.3, -0.25) is 14.9 Å². The average molecular weight is 437 g/mol. The van der Waals surface area contributed by atoms with Crippen LogP contribution in [0, 0.1) is 22.0 Å². The molecule has 0 amide bonds. The highest BCUT2D eigenvalue weighted by Gasteiger charge is 2.37. The molecule has 0 bridgehead atoms. The van der Waals surface area contributed by atoms with Gasteiger partial charge in [-0.1, -0.05) is 36.4 Å². The lowest BCUT2D eigenvalue weighted by molar-refractivity contribution is -0.384. The zero-order chi connectivity index (χ0) is 18.8. The number of nitro benzene ring substituents is 1. The molecule has 2 aliphatic rings. The number of rotatable bonds is 5. The smallest absolute Gasteiger partial charge is 0.269 e. The number of hydrogen-bond acceptors (Lipinski definition) is 4. The van der Waals surface area contributed by atoms with Gasteiger partial charge in [0.15, 0.2) is 5.78 Å². The Hall–Kier alpha value is -1.95. The Morgan fingerprint density at radius 2 is 1.66 bits per heavy atom. The van der Waals surface area contributed by atoms with Crippen molar-refractivity contribution in [1.82, 2.24) is 4.90 Å². The van der Waals surface area contributed by atoms with E-state index in [0.29, 0.717) is 11.7 Å². The number of nitrogens with zero attached hydrogens (tertiary/aromatic N) is 2. The van der Waals surface area contributed by atoms with Crippen molar-refractivity contribution in [2.45, 2.75) is 25.7 Å². The predicted octanol–water partition coefficient (Wildman–Crippen LogP) is 4.75. The normalized spacial score (nSPS) is 19.2. The fourth-order valence-electron chi connectivity index (χ4n) is 4.50. The number of fused-ring (bicyclic) bond motifs is 1. The number of non-ortho nitro benzene ring substituents is 1. The van der Waals surface area contributed by atoms with Crippen LogP contribution in [-0.4, -0.2) is 35.2 Å². The van der Waals surface area contributed by atoms with Crippen LogP contribution in [0.5, 0.6) is 0 Å². The third kappa shape index (κ3) is 5.16. The van der Waals surface area contributed by atoms with Crippen LogP contribution in [0.15, 0.2) is 48.5 Å². The third-order valence-electron chi connectivity index (χ3n) is 6.12. The van der Waals surface area contributed by atoms with Gasteiger partial charge in [0.05, 0.1) is 4.92 Å². The number of carbonyl (C=O) groups excluding carboxylic acids is 1. The van der Waals surface area contributed by atoms with E-state index in [2.05, 4.69) is 11.0 Å². The van der Waals surface area contributed by atoms with E-state index >= 15 is 0 Å². The minimum absolute atomic E-state index is 0. The van der Waals surface area contributed by atoms with E-state index in [4.69, 9.17) is 0 Å². The largest absolute Gasteiger partial charge is 0.303 e. The maximum atomic E-state index is 12.7. The van der Waals surface area contributed by atoms with E-state index in [1.807, 2.05) is 30.3 Å². The second-order valence-corrected chi connectivity index (χ2v) is 7.68. The minimum atomic E-state index is -0.364. The van der Waals surface area contributed by atoms with Crippen molar-refractivity contribution in [2.75, 3.05) is 19.6 Å². The number of benzene rings is 2. The molecule has 0 N–H and O–H groups in total. The molecular weight excluding hydrogens is 411 g/mol. The van der Waals surface area contributed by atoms with Crippen molar-refractivity contribution >= 4 is 36.3 Å². The molecule has 0 saturated carbocycles. The number of halogens is 2. The van der Waals surface area contributed by atoms with E-state index in [1.165, 1.54) is 5.56 Å². The van der Waals surface area contributed by atoms with Crippen LogP contribution in [-0.2, 0) is 12.8 Å². The predicted molar refractivity (Wildman–Crippen MR) is 118 cm³/mol. The molecule has 2 aromatic rings. The van der Waals surface area contributed by atoms with Gasteiger partial charge in [0, 0.05) is 30.2 Å². The molecule has 7 heteroatoms. The summed E-state index contributed by atoms with van der Waals surface area (Å²) in [6.45, 7) is 3.01. The number of Topliss-reactive ketones (excluding diaryl/α,β-unsaturated/α-hetero) is 1. The van der Waals surface area contributed by atoms with Gasteiger partial charge >= 0.3 is 0 Å². The summed E-state index contributed by atoms with van der Waals surface area (Å²) in [6.07, 6.45) is 3.95. The van der Waals surface area contributed by atoms with E-state index < -0.39 is 0 Å². The molecule has 0 spiro atoms. The topological polar surface area (TPSA) is 63.5 Å². The zero-order valence-electron chi connectivity index (χ0n) is 16.2. The van der Waals surface area contributed by atoms with Crippen molar-refractivity contribution in [3.8, 4) is 0 Å². The number of ketones is 1. The molecule has 1 unspecified atom stereocenters. The summed E-state index contributed by atoms with van der Waals surface area (Å²) in [4.78, 5) is 25.5. The van der Waals surface area contributed by atoms with Crippen LogP contribution < -0.4 is 0 Å². The summed E-state index contributed by atoms with van der Waals surface area (Å²) in [6, 6.07) is 14.9. The standard InChI is InChI=1S/C22H24N2O3.2ClH/c25-22-20-4-2-1-3-18(20)15-21(22)17-10-13-23(14-11-17)12-9-16-5-7-19(8-6-16)24(26)27;;/h1-8,17,21H,9-15H2;2*1H. The van der Waals surface area contributed by atoms with E-state index in [1.54, 1.807) is 12.1 Å². The lowest BCUT2D eigenvalue weighted by atomic mass is 9.82. The lowest BCUT2D eigenvalue weighted by Gasteiger charge is -2.34. The third-order valence-corrected chi connectivity index (χ3v) is 6.12. The zero-order valence-corrected chi connectivity index (χ0v) is 17.8. The highest BCUT2D eigenvalue weighted by molar-refractivity contribution is 6.02. The Bertz CT molecular complexity index is 849. The first kappa shape index (κ1) is 23.3. The highest BCUT2D eigenvalue weighted by atomic mass is 35.5. The highest BCUT2D eigenvalue weighted by Crippen LogP contribution is 2.36. The van der Waals surface area contributed by atoms with E-state index in [-0.39, 0.29) is 41.3 Å². The van der Waals surface area contributed by atoms with Gasteiger partial charge < -0.3 is 4.90 Å². The van der Waals surface area contributed by atoms with Crippen LogP contribution in [0.3, 0.4) is 0 Å². The van der Waals surface area contributed by atoms with Crippen LogP contribution >= 0.6 is 24.8 Å². The first-order chi connectivity index (χ1) is 13.1. The van der Waals surface area contributed by atoms with Crippen LogP contribution in [0.1, 0.15) is 34.3 Å². The van der Waals surface area contributed by atoms with Gasteiger partial charge in [-0.15, -0.1) is 24.8 Å². The molecule has 5 nitrogen and oxygen atoms in total. The molecule has 1 aliphatic carbocycles. The molecule has 156 valence electrons. The number of carbonyl (C=O) groups is 1. The monoisotopic (exact) mass is 436 g/mol. The Labute approximate surface area is 183 Å². The van der Waals surface area contributed by atoms with E-state index in [0.717, 1.165) is 56.4 Å². The molecular formula is C22H26Cl2N2O3. The van der Waals surface area contributed by atoms with Crippen molar-refractivity contribution in [2.24, 2.45) is 11.8 Å². The molecule has 0 aromatic heterocycles. The number of hydrogen-bond donors (Lipinski definition) is 0. The second kappa shape index (κ2) is 10.2. The molecule has 1 aliphatic heterocycles. The van der Waals surface area contributed by atoms with Crippen molar-refractivity contribution in [3.05, 3.63) is 75.3 Å². The molecule has 29 heavy (non-hydrogen) atoms. The van der Waals surface area contributed by atoms with Gasteiger partial charge in [0.25, 0.3) is 5.69 Å². The summed E-state index contributed by atoms with van der Waals surface area (Å²) >= 11 is 0. The Morgan fingerprint density at radius 3 is 2.28 bits per heavy atom. The fraction of sp³-hybridized carbons (Fsp3) is 0.409. The first-order valence-electron chi connectivity index (χ1n) is 9.69. The van der Waals surface area contributed by atoms with Crippen molar-refractivity contribution in [3.63, 3.8) is 0 Å².